The molecule has 6 nitrogen and oxygen atoms in total. The van der Waals surface area contributed by atoms with Gasteiger partial charge >= 0.3 is 5.97 Å². The van der Waals surface area contributed by atoms with E-state index in [0.717, 1.165) is 18.8 Å². The normalized spacial score (nSPS) is 15.5. The van der Waals surface area contributed by atoms with Gasteiger partial charge in [0.1, 0.15) is 0 Å². The zero-order valence-corrected chi connectivity index (χ0v) is 16.1. The highest BCUT2D eigenvalue weighted by molar-refractivity contribution is 9.10. The highest BCUT2D eigenvalue weighted by Crippen LogP contribution is 2.17. The first-order valence-electron chi connectivity index (χ1n) is 8.45. The molecule has 2 aromatic rings. The minimum Gasteiger partial charge on any atom is -0.449 e. The van der Waals surface area contributed by atoms with Crippen molar-refractivity contribution in [1.82, 2.24) is 9.88 Å². The van der Waals surface area contributed by atoms with Crippen LogP contribution in [0.25, 0.3) is 0 Å². The smallest absolute Gasteiger partial charge is 0.340 e. The van der Waals surface area contributed by atoms with Gasteiger partial charge in [0.05, 0.1) is 5.56 Å². The Hall–Kier alpha value is -2.41. The van der Waals surface area contributed by atoms with Gasteiger partial charge in [-0.2, -0.15) is 0 Å². The van der Waals surface area contributed by atoms with Gasteiger partial charge in [-0.05, 0) is 41.1 Å². The fraction of sp³-hybridized carbons (Fsp3) is 0.316. The highest BCUT2D eigenvalue weighted by Gasteiger charge is 2.27. The van der Waals surface area contributed by atoms with Crippen LogP contribution in [0.15, 0.2) is 53.3 Å². The third-order valence-electron chi connectivity index (χ3n) is 4.28. The molecule has 3 rings (SSSR count). The van der Waals surface area contributed by atoms with E-state index in [1.807, 2.05) is 18.2 Å². The summed E-state index contributed by atoms with van der Waals surface area (Å²) < 4.78 is 6.00. The van der Waals surface area contributed by atoms with Gasteiger partial charge in [-0.25, -0.2) is 4.79 Å². The molecule has 1 aliphatic rings. The molecular formula is C19H20BrN3O3. The second kappa shape index (κ2) is 8.31. The number of para-hydroxylation sites is 1. The van der Waals surface area contributed by atoms with Crippen LogP contribution in [0.3, 0.4) is 0 Å². The first-order valence-corrected chi connectivity index (χ1v) is 9.24. The summed E-state index contributed by atoms with van der Waals surface area (Å²) in [5, 5.41) is 0. The molecule has 1 atom stereocenters. The van der Waals surface area contributed by atoms with Crippen LogP contribution < -0.4 is 4.90 Å². The van der Waals surface area contributed by atoms with Crippen LogP contribution in [0, 0.1) is 0 Å². The number of nitrogens with zero attached hydrogens (tertiary/aromatic N) is 3. The first kappa shape index (κ1) is 18.4. The molecule has 1 fully saturated rings. The summed E-state index contributed by atoms with van der Waals surface area (Å²) in [6, 6.07) is 11.7. The number of carbonyl (C=O) groups is 2. The van der Waals surface area contributed by atoms with Gasteiger partial charge < -0.3 is 14.5 Å². The standard InChI is InChI=1S/C19H20BrN3O3/c1-14(26-19(25)15-11-16(20)13-21-12-15)18(24)23-9-7-22(8-10-23)17-5-3-2-4-6-17/h2-6,11-14H,7-10H2,1H3. The Morgan fingerprint density at radius 1 is 1.12 bits per heavy atom. The molecule has 0 bridgehead atoms. The van der Waals surface area contributed by atoms with Crippen LogP contribution in [-0.4, -0.2) is 54.0 Å². The van der Waals surface area contributed by atoms with Crippen molar-refractivity contribution in [2.24, 2.45) is 0 Å². The number of amides is 1. The maximum atomic E-state index is 12.6. The highest BCUT2D eigenvalue weighted by atomic mass is 79.9. The summed E-state index contributed by atoms with van der Waals surface area (Å²) >= 11 is 3.26. The second-order valence-electron chi connectivity index (χ2n) is 6.09. The summed E-state index contributed by atoms with van der Waals surface area (Å²) in [5.74, 6) is -0.725. The van der Waals surface area contributed by atoms with E-state index < -0.39 is 12.1 Å². The minimum atomic E-state index is -0.829. The predicted molar refractivity (Wildman–Crippen MR) is 102 cm³/mol. The van der Waals surface area contributed by atoms with Crippen LogP contribution in [-0.2, 0) is 9.53 Å². The summed E-state index contributed by atoms with van der Waals surface area (Å²) in [6.07, 6.45) is 2.17. The topological polar surface area (TPSA) is 62.7 Å². The van der Waals surface area contributed by atoms with E-state index in [9.17, 15) is 9.59 Å². The SMILES string of the molecule is CC(OC(=O)c1cncc(Br)c1)C(=O)N1CCN(c2ccccc2)CC1. The number of piperazine rings is 1. The zero-order valence-electron chi connectivity index (χ0n) is 14.5. The van der Waals surface area contributed by atoms with E-state index in [1.165, 1.54) is 6.20 Å². The lowest BCUT2D eigenvalue weighted by molar-refractivity contribution is -0.140. The number of halogens is 1. The van der Waals surface area contributed by atoms with Crippen LogP contribution in [0.1, 0.15) is 17.3 Å². The van der Waals surface area contributed by atoms with E-state index in [2.05, 4.69) is 37.9 Å². The van der Waals surface area contributed by atoms with Gasteiger partial charge in [-0.1, -0.05) is 18.2 Å². The quantitative estimate of drug-likeness (QED) is 0.715. The van der Waals surface area contributed by atoms with E-state index in [-0.39, 0.29) is 5.91 Å². The number of hydrogen-bond acceptors (Lipinski definition) is 5. The monoisotopic (exact) mass is 417 g/mol. The molecule has 1 saturated heterocycles. The maximum Gasteiger partial charge on any atom is 0.340 e. The Kier molecular flexibility index (Phi) is 5.88. The number of hydrogen-bond donors (Lipinski definition) is 0. The van der Waals surface area contributed by atoms with E-state index in [4.69, 9.17) is 4.74 Å². The first-order chi connectivity index (χ1) is 12.5. The van der Waals surface area contributed by atoms with Crippen molar-refractivity contribution in [2.45, 2.75) is 13.0 Å². The van der Waals surface area contributed by atoms with Crippen molar-refractivity contribution < 1.29 is 14.3 Å². The number of benzene rings is 1. The van der Waals surface area contributed by atoms with Crippen LogP contribution in [0.4, 0.5) is 5.69 Å². The number of aromatic nitrogens is 1. The molecule has 7 heteroatoms. The Morgan fingerprint density at radius 3 is 2.46 bits per heavy atom. The number of esters is 1. The Morgan fingerprint density at radius 2 is 1.81 bits per heavy atom. The molecule has 0 aliphatic carbocycles. The average Bonchev–Trinajstić information content (AvgIpc) is 2.68. The largest absolute Gasteiger partial charge is 0.449 e. The molecule has 1 amide bonds. The van der Waals surface area contributed by atoms with Crippen molar-refractivity contribution in [2.75, 3.05) is 31.1 Å². The van der Waals surface area contributed by atoms with Crippen LogP contribution in [0.2, 0.25) is 0 Å². The maximum absolute atomic E-state index is 12.6. The Bertz CT molecular complexity index is 777. The van der Waals surface area contributed by atoms with Crippen molar-refractivity contribution in [1.29, 1.82) is 0 Å². The van der Waals surface area contributed by atoms with Crippen molar-refractivity contribution in [3.05, 3.63) is 58.8 Å². The fourth-order valence-electron chi connectivity index (χ4n) is 2.88. The summed E-state index contributed by atoms with van der Waals surface area (Å²) in [6.45, 7) is 4.33. The summed E-state index contributed by atoms with van der Waals surface area (Å²) in [5.41, 5.74) is 1.47. The number of rotatable bonds is 4. The molecule has 0 saturated carbocycles. The van der Waals surface area contributed by atoms with Gasteiger partial charge in [-0.3, -0.25) is 9.78 Å². The molecule has 2 heterocycles. The van der Waals surface area contributed by atoms with Gasteiger partial charge in [0, 0.05) is 48.7 Å². The van der Waals surface area contributed by atoms with Crippen molar-refractivity contribution >= 4 is 33.5 Å². The van der Waals surface area contributed by atoms with E-state index in [1.54, 1.807) is 24.1 Å². The molecule has 0 radical (unpaired) electrons. The van der Waals surface area contributed by atoms with Crippen molar-refractivity contribution in [3.8, 4) is 0 Å². The molecule has 26 heavy (non-hydrogen) atoms. The Balaban J connectivity index is 1.54. The molecule has 0 spiro atoms. The summed E-state index contributed by atoms with van der Waals surface area (Å²) in [4.78, 5) is 32.7. The third-order valence-corrected chi connectivity index (χ3v) is 4.72. The molecule has 1 unspecified atom stereocenters. The lowest BCUT2D eigenvalue weighted by Gasteiger charge is -2.37. The number of anilines is 1. The number of ether oxygens (including phenoxy) is 1. The minimum absolute atomic E-state index is 0.172. The molecular weight excluding hydrogens is 398 g/mol. The number of pyridine rings is 1. The van der Waals surface area contributed by atoms with Gasteiger partial charge in [0.2, 0.25) is 0 Å². The van der Waals surface area contributed by atoms with E-state index in [0.29, 0.717) is 23.1 Å². The van der Waals surface area contributed by atoms with Crippen LogP contribution in [0.5, 0.6) is 0 Å². The van der Waals surface area contributed by atoms with Gasteiger partial charge in [-0.15, -0.1) is 0 Å². The van der Waals surface area contributed by atoms with Gasteiger partial charge in [0.15, 0.2) is 6.10 Å². The fourth-order valence-corrected chi connectivity index (χ4v) is 3.25. The lowest BCUT2D eigenvalue weighted by atomic mass is 10.2. The van der Waals surface area contributed by atoms with Gasteiger partial charge in [0.25, 0.3) is 5.91 Å². The number of carbonyl (C=O) groups excluding carboxylic acids is 2. The molecule has 0 N–H and O–H groups in total. The molecule has 1 aromatic carbocycles. The average molecular weight is 418 g/mol. The Labute approximate surface area is 160 Å². The predicted octanol–water partition coefficient (Wildman–Crippen LogP) is 2.74. The van der Waals surface area contributed by atoms with Crippen LogP contribution >= 0.6 is 15.9 Å². The second-order valence-corrected chi connectivity index (χ2v) is 7.00. The van der Waals surface area contributed by atoms with E-state index >= 15 is 0 Å². The lowest BCUT2D eigenvalue weighted by Crippen LogP contribution is -2.51. The molecule has 1 aliphatic heterocycles. The van der Waals surface area contributed by atoms with Crippen molar-refractivity contribution in [3.63, 3.8) is 0 Å². The molecule has 1 aromatic heterocycles. The molecule has 136 valence electrons. The zero-order chi connectivity index (χ0) is 18.5. The third kappa shape index (κ3) is 4.40. The summed E-state index contributed by atoms with van der Waals surface area (Å²) in [7, 11) is 0.